The second kappa shape index (κ2) is 4.04. The minimum atomic E-state index is 0.152. The summed E-state index contributed by atoms with van der Waals surface area (Å²) in [5.41, 5.74) is 0.957. The summed E-state index contributed by atoms with van der Waals surface area (Å²) in [5.74, 6) is 0.637. The number of phenolic OH excluding ortho intramolecular Hbond substituents is 1. The molecule has 0 spiro atoms. The molecule has 1 aromatic heterocycles. The molecule has 0 aliphatic rings. The smallest absolute Gasteiger partial charge is 0.161 e. The van der Waals surface area contributed by atoms with Gasteiger partial charge in [-0.3, -0.25) is 0 Å². The number of hydrogen-bond acceptors (Lipinski definition) is 3. The number of aromatic nitrogens is 2. The molecular weight excluding hydrogens is 192 g/mol. The van der Waals surface area contributed by atoms with Crippen LogP contribution in [0.25, 0.3) is 0 Å². The summed E-state index contributed by atoms with van der Waals surface area (Å²) in [5, 5.41) is 9.46. The molecule has 0 atom stereocenters. The first-order valence-corrected chi connectivity index (χ1v) is 4.63. The van der Waals surface area contributed by atoms with E-state index in [-0.39, 0.29) is 5.75 Å². The predicted octanol–water partition coefficient (Wildman–Crippen LogP) is 1.70. The van der Waals surface area contributed by atoms with Crippen molar-refractivity contribution in [2.45, 2.75) is 6.61 Å². The van der Waals surface area contributed by atoms with Crippen LogP contribution >= 0.6 is 0 Å². The van der Waals surface area contributed by atoms with E-state index >= 15 is 0 Å². The van der Waals surface area contributed by atoms with Gasteiger partial charge in [-0.2, -0.15) is 0 Å². The molecule has 2 aromatic rings. The van der Waals surface area contributed by atoms with Crippen molar-refractivity contribution >= 4 is 0 Å². The largest absolute Gasteiger partial charge is 0.504 e. The summed E-state index contributed by atoms with van der Waals surface area (Å²) in [4.78, 5) is 3.98. The first-order chi connectivity index (χ1) is 7.27. The minimum Gasteiger partial charge on any atom is -0.504 e. The zero-order chi connectivity index (χ0) is 10.7. The van der Waals surface area contributed by atoms with Crippen LogP contribution < -0.4 is 4.74 Å². The van der Waals surface area contributed by atoms with Crippen molar-refractivity contribution < 1.29 is 9.84 Å². The summed E-state index contributed by atoms with van der Waals surface area (Å²) < 4.78 is 7.33. The van der Waals surface area contributed by atoms with Gasteiger partial charge in [0.25, 0.3) is 0 Å². The Morgan fingerprint density at radius 3 is 2.87 bits per heavy atom. The second-order valence-corrected chi connectivity index (χ2v) is 3.25. The van der Waals surface area contributed by atoms with Gasteiger partial charge in [0.1, 0.15) is 6.61 Å². The van der Waals surface area contributed by atoms with Crippen LogP contribution in [0.3, 0.4) is 0 Å². The van der Waals surface area contributed by atoms with E-state index in [1.807, 2.05) is 17.7 Å². The van der Waals surface area contributed by atoms with Crippen LogP contribution in [0.4, 0.5) is 0 Å². The van der Waals surface area contributed by atoms with Crippen LogP contribution in [0, 0.1) is 0 Å². The predicted molar refractivity (Wildman–Crippen MR) is 55.6 cm³/mol. The number of hydrogen-bond donors (Lipinski definition) is 1. The van der Waals surface area contributed by atoms with Gasteiger partial charge in [0.15, 0.2) is 11.5 Å². The molecule has 1 heterocycles. The van der Waals surface area contributed by atoms with E-state index in [0.717, 1.165) is 5.69 Å². The highest BCUT2D eigenvalue weighted by Gasteiger charge is 2.02. The molecular formula is C11H12N2O2. The Morgan fingerprint density at radius 2 is 2.20 bits per heavy atom. The summed E-state index contributed by atoms with van der Waals surface area (Å²) in [6.07, 6.45) is 3.45. The van der Waals surface area contributed by atoms with Crippen molar-refractivity contribution in [2.75, 3.05) is 0 Å². The van der Waals surface area contributed by atoms with Gasteiger partial charge in [0.2, 0.25) is 0 Å². The van der Waals surface area contributed by atoms with Crippen LogP contribution in [0.2, 0.25) is 0 Å². The number of benzene rings is 1. The minimum absolute atomic E-state index is 0.152. The number of imidazole rings is 1. The number of aryl methyl sites for hydroxylation is 1. The Bertz CT molecular complexity index is 451. The monoisotopic (exact) mass is 204 g/mol. The Balaban J connectivity index is 2.06. The van der Waals surface area contributed by atoms with Gasteiger partial charge in [-0.15, -0.1) is 0 Å². The quantitative estimate of drug-likeness (QED) is 0.827. The van der Waals surface area contributed by atoms with E-state index in [1.54, 1.807) is 30.7 Å². The summed E-state index contributed by atoms with van der Waals surface area (Å²) in [7, 11) is 1.90. The van der Waals surface area contributed by atoms with Gasteiger partial charge in [-0.1, -0.05) is 12.1 Å². The van der Waals surface area contributed by atoms with E-state index < -0.39 is 0 Å². The van der Waals surface area contributed by atoms with E-state index in [4.69, 9.17) is 4.74 Å². The molecule has 0 aliphatic carbocycles. The van der Waals surface area contributed by atoms with Gasteiger partial charge >= 0.3 is 0 Å². The van der Waals surface area contributed by atoms with E-state index in [9.17, 15) is 5.11 Å². The molecule has 0 aliphatic heterocycles. The lowest BCUT2D eigenvalue weighted by Crippen LogP contribution is -2.01. The van der Waals surface area contributed by atoms with Gasteiger partial charge < -0.3 is 14.4 Å². The fraction of sp³-hybridized carbons (Fsp3) is 0.182. The van der Waals surface area contributed by atoms with Gasteiger partial charge in [0, 0.05) is 7.05 Å². The maximum absolute atomic E-state index is 9.46. The maximum atomic E-state index is 9.46. The molecule has 4 heteroatoms. The molecule has 15 heavy (non-hydrogen) atoms. The lowest BCUT2D eigenvalue weighted by atomic mass is 10.3. The molecule has 0 fully saturated rings. The SMILES string of the molecule is Cn1cncc1COc1ccccc1O. The lowest BCUT2D eigenvalue weighted by Gasteiger charge is -2.07. The average Bonchev–Trinajstić information content (AvgIpc) is 2.63. The maximum Gasteiger partial charge on any atom is 0.161 e. The Kier molecular flexibility index (Phi) is 2.58. The van der Waals surface area contributed by atoms with Crippen LogP contribution in [-0.4, -0.2) is 14.7 Å². The molecule has 2 rings (SSSR count). The average molecular weight is 204 g/mol. The molecule has 1 N–H and O–H groups in total. The first kappa shape index (κ1) is 9.58. The summed E-state index contributed by atoms with van der Waals surface area (Å²) >= 11 is 0. The van der Waals surface area contributed by atoms with E-state index in [1.165, 1.54) is 0 Å². The summed E-state index contributed by atoms with van der Waals surface area (Å²) in [6.45, 7) is 0.397. The normalized spacial score (nSPS) is 10.2. The molecule has 4 nitrogen and oxygen atoms in total. The third-order valence-electron chi connectivity index (χ3n) is 2.16. The third kappa shape index (κ3) is 2.10. The fourth-order valence-electron chi connectivity index (χ4n) is 1.25. The number of aromatic hydroxyl groups is 1. The molecule has 0 radical (unpaired) electrons. The molecule has 0 amide bonds. The molecule has 0 saturated heterocycles. The van der Waals surface area contributed by atoms with Crippen molar-refractivity contribution in [2.24, 2.45) is 7.05 Å². The molecule has 78 valence electrons. The van der Waals surface area contributed by atoms with Gasteiger partial charge in [0.05, 0.1) is 18.2 Å². The third-order valence-corrected chi connectivity index (χ3v) is 2.16. The Labute approximate surface area is 87.8 Å². The zero-order valence-electron chi connectivity index (χ0n) is 8.42. The van der Waals surface area contributed by atoms with Crippen LogP contribution in [0.5, 0.6) is 11.5 Å². The fourth-order valence-corrected chi connectivity index (χ4v) is 1.25. The van der Waals surface area contributed by atoms with Gasteiger partial charge in [-0.25, -0.2) is 4.98 Å². The highest BCUT2D eigenvalue weighted by molar-refractivity contribution is 5.37. The number of phenols is 1. The number of rotatable bonds is 3. The zero-order valence-corrected chi connectivity index (χ0v) is 8.42. The van der Waals surface area contributed by atoms with Crippen molar-refractivity contribution in [3.05, 3.63) is 42.5 Å². The standard InChI is InChI=1S/C11H12N2O2/c1-13-8-12-6-9(13)7-15-11-5-3-2-4-10(11)14/h2-6,8,14H,7H2,1H3. The lowest BCUT2D eigenvalue weighted by molar-refractivity contribution is 0.281. The molecule has 0 bridgehead atoms. The van der Waals surface area contributed by atoms with Gasteiger partial charge in [-0.05, 0) is 12.1 Å². The second-order valence-electron chi connectivity index (χ2n) is 3.25. The Morgan fingerprint density at radius 1 is 1.40 bits per heavy atom. The number of ether oxygens (including phenoxy) is 1. The highest BCUT2D eigenvalue weighted by atomic mass is 16.5. The number of nitrogens with zero attached hydrogens (tertiary/aromatic N) is 2. The highest BCUT2D eigenvalue weighted by Crippen LogP contribution is 2.24. The van der Waals surface area contributed by atoms with Crippen LogP contribution in [0.1, 0.15) is 5.69 Å². The molecule has 0 saturated carbocycles. The van der Waals surface area contributed by atoms with Crippen molar-refractivity contribution in [1.82, 2.24) is 9.55 Å². The first-order valence-electron chi connectivity index (χ1n) is 4.63. The van der Waals surface area contributed by atoms with Crippen molar-refractivity contribution in [3.8, 4) is 11.5 Å². The topological polar surface area (TPSA) is 47.3 Å². The van der Waals surface area contributed by atoms with E-state index in [2.05, 4.69) is 4.98 Å². The van der Waals surface area contributed by atoms with Crippen LogP contribution in [-0.2, 0) is 13.7 Å². The molecule has 0 unspecified atom stereocenters. The van der Waals surface area contributed by atoms with Crippen LogP contribution in [0.15, 0.2) is 36.8 Å². The summed E-state index contributed by atoms with van der Waals surface area (Å²) in [6, 6.07) is 6.90. The molecule has 1 aromatic carbocycles. The van der Waals surface area contributed by atoms with E-state index in [0.29, 0.717) is 12.4 Å². The number of para-hydroxylation sites is 2. The van der Waals surface area contributed by atoms with Crippen molar-refractivity contribution in [3.63, 3.8) is 0 Å². The van der Waals surface area contributed by atoms with Crippen molar-refractivity contribution in [1.29, 1.82) is 0 Å². The Hall–Kier alpha value is -1.97.